The molecule has 0 amide bonds. The van der Waals surface area contributed by atoms with E-state index in [9.17, 15) is 5.11 Å². The fourth-order valence-corrected chi connectivity index (χ4v) is 1.62. The Balaban J connectivity index is 2.58. The first-order valence-corrected chi connectivity index (χ1v) is 5.27. The lowest BCUT2D eigenvalue weighted by molar-refractivity contribution is 0.110. The van der Waals surface area contributed by atoms with Crippen LogP contribution in [0, 0.1) is 11.8 Å². The summed E-state index contributed by atoms with van der Waals surface area (Å²) in [7, 11) is 0. The van der Waals surface area contributed by atoms with Crippen molar-refractivity contribution in [3.63, 3.8) is 0 Å². The van der Waals surface area contributed by atoms with Gasteiger partial charge in [0.2, 0.25) is 0 Å². The summed E-state index contributed by atoms with van der Waals surface area (Å²) in [5, 5.41) is 9.94. The highest BCUT2D eigenvalue weighted by Crippen LogP contribution is 2.28. The Labute approximate surface area is 86.2 Å². The highest BCUT2D eigenvalue weighted by molar-refractivity contribution is 5.33. The zero-order valence-electron chi connectivity index (χ0n) is 8.84. The third-order valence-corrected chi connectivity index (χ3v) is 2.77. The molecule has 1 aliphatic rings. The van der Waals surface area contributed by atoms with Crippen molar-refractivity contribution in [2.75, 3.05) is 0 Å². The number of rotatable bonds is 2. The van der Waals surface area contributed by atoms with Gasteiger partial charge in [0.15, 0.2) is 0 Å². The van der Waals surface area contributed by atoms with E-state index in [4.69, 9.17) is 5.73 Å². The fourth-order valence-electron chi connectivity index (χ4n) is 1.62. The minimum atomic E-state index is -0.767. The summed E-state index contributed by atoms with van der Waals surface area (Å²) >= 11 is 0. The molecule has 0 aromatic rings. The number of hydrogen-bond donors (Lipinski definition) is 2. The minimum Gasteiger partial charge on any atom is -0.378 e. The Morgan fingerprint density at radius 2 is 2.14 bits per heavy atom. The predicted octanol–water partition coefficient (Wildman–Crippen LogP) is 1.59. The van der Waals surface area contributed by atoms with Gasteiger partial charge in [0.25, 0.3) is 0 Å². The maximum atomic E-state index is 9.94. The molecule has 3 N–H and O–H groups in total. The van der Waals surface area contributed by atoms with Gasteiger partial charge in [-0.15, -0.1) is 0 Å². The van der Waals surface area contributed by atoms with Gasteiger partial charge in [0.1, 0.15) is 5.60 Å². The summed E-state index contributed by atoms with van der Waals surface area (Å²) in [6.45, 7) is 5.81. The van der Waals surface area contributed by atoms with Gasteiger partial charge >= 0.3 is 0 Å². The SMILES string of the molecule is C=C(C#CC1(O)CCCC1)C(N)CC. The molecule has 0 radical (unpaired) electrons. The summed E-state index contributed by atoms with van der Waals surface area (Å²) in [6, 6.07) is -0.0625. The molecule has 1 rings (SSSR count). The molecule has 2 heteroatoms. The van der Waals surface area contributed by atoms with Crippen LogP contribution in [0.15, 0.2) is 12.2 Å². The van der Waals surface area contributed by atoms with E-state index in [1.54, 1.807) is 0 Å². The van der Waals surface area contributed by atoms with Crippen LogP contribution < -0.4 is 5.73 Å². The number of aliphatic hydroxyl groups is 1. The highest BCUT2D eigenvalue weighted by Gasteiger charge is 2.28. The van der Waals surface area contributed by atoms with Crippen LogP contribution in [0.1, 0.15) is 39.0 Å². The summed E-state index contributed by atoms with van der Waals surface area (Å²) in [5.74, 6) is 5.80. The van der Waals surface area contributed by atoms with E-state index in [1.165, 1.54) is 0 Å². The van der Waals surface area contributed by atoms with Gasteiger partial charge in [-0.1, -0.05) is 25.3 Å². The van der Waals surface area contributed by atoms with Gasteiger partial charge in [0.05, 0.1) is 0 Å². The monoisotopic (exact) mass is 193 g/mol. The van der Waals surface area contributed by atoms with Crippen LogP contribution in [0.2, 0.25) is 0 Å². The Morgan fingerprint density at radius 1 is 1.57 bits per heavy atom. The van der Waals surface area contributed by atoms with E-state index in [1.807, 2.05) is 6.92 Å². The highest BCUT2D eigenvalue weighted by atomic mass is 16.3. The van der Waals surface area contributed by atoms with E-state index in [-0.39, 0.29) is 6.04 Å². The van der Waals surface area contributed by atoms with Crippen molar-refractivity contribution in [2.24, 2.45) is 5.73 Å². The molecule has 0 aromatic carbocycles. The van der Waals surface area contributed by atoms with Crippen molar-refractivity contribution in [3.8, 4) is 11.8 Å². The van der Waals surface area contributed by atoms with E-state index < -0.39 is 5.60 Å². The van der Waals surface area contributed by atoms with Gasteiger partial charge in [-0.2, -0.15) is 0 Å². The van der Waals surface area contributed by atoms with Crippen molar-refractivity contribution in [1.82, 2.24) is 0 Å². The zero-order chi connectivity index (χ0) is 10.6. The lowest BCUT2D eigenvalue weighted by Gasteiger charge is -2.13. The topological polar surface area (TPSA) is 46.2 Å². The molecule has 1 atom stereocenters. The first-order valence-electron chi connectivity index (χ1n) is 5.27. The van der Waals surface area contributed by atoms with Crippen molar-refractivity contribution in [3.05, 3.63) is 12.2 Å². The van der Waals surface area contributed by atoms with Crippen LogP contribution in [0.5, 0.6) is 0 Å². The van der Waals surface area contributed by atoms with Gasteiger partial charge < -0.3 is 10.8 Å². The van der Waals surface area contributed by atoms with Crippen LogP contribution in [0.3, 0.4) is 0 Å². The lowest BCUT2D eigenvalue weighted by atomic mass is 10.0. The summed E-state index contributed by atoms with van der Waals surface area (Å²) in [5.41, 5.74) is 5.72. The number of hydrogen-bond acceptors (Lipinski definition) is 2. The Bertz CT molecular complexity index is 266. The molecule has 1 fully saturated rings. The smallest absolute Gasteiger partial charge is 0.125 e. The van der Waals surface area contributed by atoms with Gasteiger partial charge in [-0.05, 0) is 32.1 Å². The normalized spacial score (nSPS) is 21.1. The summed E-state index contributed by atoms with van der Waals surface area (Å²) in [6.07, 6.45) is 4.55. The molecule has 1 saturated carbocycles. The lowest BCUT2D eigenvalue weighted by Crippen LogP contribution is -2.23. The molecular weight excluding hydrogens is 174 g/mol. The quantitative estimate of drug-likeness (QED) is 0.654. The maximum Gasteiger partial charge on any atom is 0.125 e. The van der Waals surface area contributed by atoms with Gasteiger partial charge in [-0.25, -0.2) is 0 Å². The second kappa shape index (κ2) is 4.63. The maximum absolute atomic E-state index is 9.94. The molecule has 2 nitrogen and oxygen atoms in total. The summed E-state index contributed by atoms with van der Waals surface area (Å²) < 4.78 is 0. The molecule has 0 heterocycles. The molecule has 78 valence electrons. The van der Waals surface area contributed by atoms with Crippen LogP contribution >= 0.6 is 0 Å². The standard InChI is InChI=1S/C12H19NO/c1-3-11(13)10(2)6-9-12(14)7-4-5-8-12/h11,14H,2-5,7-8,13H2,1H3. The van der Waals surface area contributed by atoms with Crippen molar-refractivity contribution in [1.29, 1.82) is 0 Å². The van der Waals surface area contributed by atoms with E-state index in [2.05, 4.69) is 18.4 Å². The second-order valence-corrected chi connectivity index (χ2v) is 4.03. The Kier molecular flexibility index (Phi) is 3.74. The Hall–Kier alpha value is -0.780. The Morgan fingerprint density at radius 3 is 2.64 bits per heavy atom. The van der Waals surface area contributed by atoms with Gasteiger partial charge in [-0.3, -0.25) is 0 Å². The van der Waals surface area contributed by atoms with Crippen LogP contribution in [-0.2, 0) is 0 Å². The van der Waals surface area contributed by atoms with Gasteiger partial charge in [0, 0.05) is 11.6 Å². The molecule has 1 aliphatic carbocycles. The first-order chi connectivity index (χ1) is 6.57. The third kappa shape index (κ3) is 2.87. The third-order valence-electron chi connectivity index (χ3n) is 2.77. The minimum absolute atomic E-state index is 0.0625. The van der Waals surface area contributed by atoms with E-state index in [0.29, 0.717) is 0 Å². The largest absolute Gasteiger partial charge is 0.378 e. The average molecular weight is 193 g/mol. The van der Waals surface area contributed by atoms with Crippen molar-refractivity contribution < 1.29 is 5.11 Å². The van der Waals surface area contributed by atoms with E-state index >= 15 is 0 Å². The van der Waals surface area contributed by atoms with E-state index in [0.717, 1.165) is 37.7 Å². The molecule has 1 unspecified atom stereocenters. The first kappa shape index (κ1) is 11.3. The number of nitrogens with two attached hydrogens (primary N) is 1. The average Bonchev–Trinajstić information content (AvgIpc) is 2.61. The molecule has 0 aliphatic heterocycles. The molecule has 14 heavy (non-hydrogen) atoms. The molecule has 0 aromatic heterocycles. The van der Waals surface area contributed by atoms with Crippen LogP contribution in [0.4, 0.5) is 0 Å². The fraction of sp³-hybridized carbons (Fsp3) is 0.667. The second-order valence-electron chi connectivity index (χ2n) is 4.03. The van der Waals surface area contributed by atoms with Crippen molar-refractivity contribution >= 4 is 0 Å². The molecule has 0 spiro atoms. The molecular formula is C12H19NO. The molecule has 0 saturated heterocycles. The predicted molar refractivity (Wildman–Crippen MR) is 58.6 cm³/mol. The molecule has 0 bridgehead atoms. The van der Waals surface area contributed by atoms with Crippen molar-refractivity contribution in [2.45, 2.75) is 50.7 Å². The summed E-state index contributed by atoms with van der Waals surface area (Å²) in [4.78, 5) is 0. The van der Waals surface area contributed by atoms with Crippen LogP contribution in [0.25, 0.3) is 0 Å². The van der Waals surface area contributed by atoms with Crippen LogP contribution in [-0.4, -0.2) is 16.7 Å². The zero-order valence-corrected chi connectivity index (χ0v) is 8.84.